The molecule has 4 rings (SSSR count). The molecule has 0 aliphatic carbocycles. The number of rotatable bonds is 16. The second-order valence-electron chi connectivity index (χ2n) is 14.6. The highest BCUT2D eigenvalue weighted by Crippen LogP contribution is 2.47. The summed E-state index contributed by atoms with van der Waals surface area (Å²) in [4.78, 5) is 14.8. The Kier molecular flexibility index (Phi) is 12.4. The minimum absolute atomic E-state index is 0.0298. The summed E-state index contributed by atoms with van der Waals surface area (Å²) in [5.41, 5.74) is 7.72. The van der Waals surface area contributed by atoms with Crippen molar-refractivity contribution in [1.82, 2.24) is 5.32 Å². The van der Waals surface area contributed by atoms with Crippen LogP contribution in [0.15, 0.2) is 84.6 Å². The van der Waals surface area contributed by atoms with E-state index in [0.29, 0.717) is 32.8 Å². The van der Waals surface area contributed by atoms with Gasteiger partial charge in [0.15, 0.2) is 5.71 Å². The van der Waals surface area contributed by atoms with E-state index in [4.69, 9.17) is 9.47 Å². The van der Waals surface area contributed by atoms with Crippen molar-refractivity contribution in [3.05, 3.63) is 95.7 Å². The van der Waals surface area contributed by atoms with Gasteiger partial charge in [-0.15, -0.1) is 0 Å². The lowest BCUT2D eigenvalue weighted by atomic mass is 9.81. The molecule has 0 saturated carbocycles. The van der Waals surface area contributed by atoms with Crippen LogP contribution >= 0.6 is 0 Å². The molecule has 1 N–H and O–H groups in total. The molecule has 2 aromatic rings. The van der Waals surface area contributed by atoms with Crippen molar-refractivity contribution in [2.75, 3.05) is 44.4 Å². The molecule has 2 aliphatic heterocycles. The molecule has 47 heavy (non-hydrogen) atoms. The third-order valence-electron chi connectivity index (χ3n) is 9.26. The van der Waals surface area contributed by atoms with Crippen LogP contribution in [0, 0.1) is 0 Å². The normalized spacial score (nSPS) is 17.7. The maximum absolute atomic E-state index is 12.3. The van der Waals surface area contributed by atoms with Gasteiger partial charge in [-0.1, -0.05) is 68.5 Å². The van der Waals surface area contributed by atoms with Crippen LogP contribution in [0.4, 0.5) is 11.4 Å². The molecule has 2 aromatic carbocycles. The van der Waals surface area contributed by atoms with E-state index in [1.54, 1.807) is 0 Å². The van der Waals surface area contributed by atoms with Gasteiger partial charge in [-0.2, -0.15) is 4.58 Å². The first-order valence-electron chi connectivity index (χ1n) is 17.5. The molecule has 0 fully saturated rings. The second-order valence-corrected chi connectivity index (χ2v) is 14.6. The maximum atomic E-state index is 12.3. The number of allylic oxidation sites excluding steroid dienone is 6. The van der Waals surface area contributed by atoms with Crippen LogP contribution in [0.1, 0.15) is 92.2 Å². The smallest absolute Gasteiger partial charge is 0.220 e. The minimum atomic E-state index is -0.157. The first kappa shape index (κ1) is 36.4. The van der Waals surface area contributed by atoms with Gasteiger partial charge in [0.2, 0.25) is 11.6 Å². The van der Waals surface area contributed by atoms with Crippen LogP contribution in [-0.2, 0) is 25.1 Å². The standard InChI is InChI=1S/C41H57N3O3/c1-9-43-34-22-17-15-20-32(34)40(5,6)36(43)24-12-10-13-25-37-41(7,8)33-21-16-18-23-35(33)44(37)28-19-11-14-26-38(45)42-27-29-46-30-31-47-39(2,3)4/h10,12-13,15-18,20-25H,9,11,14,19,26-31H2,1-8H3/p+1. The number of benzene rings is 2. The molecule has 0 bridgehead atoms. The second kappa shape index (κ2) is 16.1. The van der Waals surface area contributed by atoms with Crippen molar-refractivity contribution in [2.24, 2.45) is 0 Å². The Morgan fingerprint density at radius 2 is 1.60 bits per heavy atom. The fourth-order valence-electron chi connectivity index (χ4n) is 6.81. The number of likely N-dealkylation sites (N-methyl/N-ethyl adjacent to an activating group) is 1. The summed E-state index contributed by atoms with van der Waals surface area (Å²) in [6.45, 7) is 21.6. The lowest BCUT2D eigenvalue weighted by molar-refractivity contribution is -0.438. The van der Waals surface area contributed by atoms with Gasteiger partial charge < -0.3 is 19.7 Å². The van der Waals surface area contributed by atoms with Gasteiger partial charge in [0.1, 0.15) is 6.54 Å². The summed E-state index contributed by atoms with van der Waals surface area (Å²) in [6, 6.07) is 17.5. The number of nitrogens with zero attached hydrogens (tertiary/aromatic N) is 2. The Balaban J connectivity index is 1.31. The van der Waals surface area contributed by atoms with Gasteiger partial charge in [-0.3, -0.25) is 4.79 Å². The number of carbonyl (C=O) groups excluding carboxylic acids is 1. The van der Waals surface area contributed by atoms with Gasteiger partial charge >= 0.3 is 0 Å². The van der Waals surface area contributed by atoms with Gasteiger partial charge in [-0.25, -0.2) is 0 Å². The predicted molar refractivity (Wildman–Crippen MR) is 196 cm³/mol. The molecule has 2 heterocycles. The van der Waals surface area contributed by atoms with Gasteiger partial charge in [0.25, 0.3) is 0 Å². The van der Waals surface area contributed by atoms with E-state index in [1.807, 2.05) is 20.8 Å². The van der Waals surface area contributed by atoms with E-state index in [0.717, 1.165) is 32.4 Å². The molecule has 6 nitrogen and oxygen atoms in total. The highest BCUT2D eigenvalue weighted by Gasteiger charge is 2.43. The summed E-state index contributed by atoms with van der Waals surface area (Å²) in [5, 5.41) is 2.98. The number of amides is 1. The summed E-state index contributed by atoms with van der Waals surface area (Å²) in [6.07, 6.45) is 14.5. The van der Waals surface area contributed by atoms with Crippen molar-refractivity contribution < 1.29 is 18.8 Å². The van der Waals surface area contributed by atoms with E-state index in [1.165, 1.54) is 33.9 Å². The van der Waals surface area contributed by atoms with E-state index < -0.39 is 0 Å². The first-order chi connectivity index (χ1) is 22.4. The number of anilines is 1. The summed E-state index contributed by atoms with van der Waals surface area (Å²) in [5.74, 6) is 0.0936. The molecule has 2 aliphatic rings. The number of hydrogen-bond acceptors (Lipinski definition) is 4. The molecular formula is C41H58N3O3+. The number of unbranched alkanes of at least 4 members (excludes halogenated alkanes) is 2. The quantitative estimate of drug-likeness (QED) is 0.114. The number of ether oxygens (including phenoxy) is 2. The number of fused-ring (bicyclic) bond motifs is 2. The van der Waals surface area contributed by atoms with Gasteiger partial charge in [0.05, 0.1) is 30.8 Å². The predicted octanol–water partition coefficient (Wildman–Crippen LogP) is 8.39. The van der Waals surface area contributed by atoms with Crippen LogP contribution in [0.5, 0.6) is 0 Å². The first-order valence-corrected chi connectivity index (χ1v) is 17.5. The monoisotopic (exact) mass is 640 g/mol. The zero-order valence-corrected chi connectivity index (χ0v) is 30.2. The molecule has 0 saturated heterocycles. The van der Waals surface area contributed by atoms with E-state index in [-0.39, 0.29) is 22.3 Å². The highest BCUT2D eigenvalue weighted by molar-refractivity contribution is 6.03. The third-order valence-corrected chi connectivity index (χ3v) is 9.26. The van der Waals surface area contributed by atoms with Crippen molar-refractivity contribution in [3.63, 3.8) is 0 Å². The van der Waals surface area contributed by atoms with Crippen LogP contribution in [0.3, 0.4) is 0 Å². The number of para-hydroxylation sites is 2. The maximum Gasteiger partial charge on any atom is 0.220 e. The zero-order chi connectivity index (χ0) is 34.1. The van der Waals surface area contributed by atoms with Gasteiger partial charge in [-0.05, 0) is 72.1 Å². The van der Waals surface area contributed by atoms with E-state index >= 15 is 0 Å². The SMILES string of the molecule is CCN1C(=CC=CC=CC2=[N+](CCCCCC(=O)NCCOCCOC(C)(C)C)c3ccccc3C2(C)C)C(C)(C)c2ccccc21. The number of nitrogens with one attached hydrogen (secondary N) is 1. The highest BCUT2D eigenvalue weighted by atomic mass is 16.5. The molecule has 0 unspecified atom stereocenters. The van der Waals surface area contributed by atoms with E-state index in [9.17, 15) is 4.79 Å². The van der Waals surface area contributed by atoms with Gasteiger partial charge in [0, 0.05) is 60.4 Å². The topological polar surface area (TPSA) is 53.8 Å². The summed E-state index contributed by atoms with van der Waals surface area (Å²) >= 11 is 0. The Hall–Kier alpha value is -3.48. The summed E-state index contributed by atoms with van der Waals surface area (Å²) < 4.78 is 13.7. The molecule has 0 atom stereocenters. The largest absolute Gasteiger partial charge is 0.377 e. The lowest BCUT2D eigenvalue weighted by Gasteiger charge is -2.25. The van der Waals surface area contributed by atoms with Crippen LogP contribution in [0.25, 0.3) is 0 Å². The Bertz CT molecular complexity index is 1490. The number of carbonyl (C=O) groups is 1. The fourth-order valence-corrected chi connectivity index (χ4v) is 6.81. The van der Waals surface area contributed by atoms with Crippen molar-refractivity contribution in [3.8, 4) is 0 Å². The summed E-state index contributed by atoms with van der Waals surface area (Å²) in [7, 11) is 0. The molecule has 1 amide bonds. The molecule has 254 valence electrons. The fraction of sp³-hybridized carbons (Fsp3) is 0.512. The Labute approximate surface area is 284 Å². The van der Waals surface area contributed by atoms with Crippen molar-refractivity contribution in [1.29, 1.82) is 0 Å². The average molecular weight is 641 g/mol. The number of hydrogen-bond donors (Lipinski definition) is 1. The van der Waals surface area contributed by atoms with Crippen LogP contribution in [0.2, 0.25) is 0 Å². The van der Waals surface area contributed by atoms with Crippen molar-refractivity contribution >= 4 is 23.0 Å². The third kappa shape index (κ3) is 9.11. The van der Waals surface area contributed by atoms with Crippen LogP contribution in [-0.4, -0.2) is 61.3 Å². The molecule has 0 spiro atoms. The molecule has 6 heteroatoms. The zero-order valence-electron chi connectivity index (χ0n) is 30.2. The Morgan fingerprint density at radius 3 is 2.34 bits per heavy atom. The average Bonchev–Trinajstić information content (AvgIpc) is 3.38. The Morgan fingerprint density at radius 1 is 0.872 bits per heavy atom. The van der Waals surface area contributed by atoms with Crippen molar-refractivity contribution in [2.45, 2.75) is 97.5 Å². The molecule has 0 aromatic heterocycles. The molecule has 0 radical (unpaired) electrons. The van der Waals surface area contributed by atoms with Crippen LogP contribution < -0.4 is 10.2 Å². The lowest BCUT2D eigenvalue weighted by Crippen LogP contribution is -2.28. The van der Waals surface area contributed by atoms with E-state index in [2.05, 4.69) is 128 Å². The molecular weight excluding hydrogens is 582 g/mol. The minimum Gasteiger partial charge on any atom is -0.377 e.